The number of rotatable bonds is 5. The van der Waals surface area contributed by atoms with Gasteiger partial charge in [-0.25, -0.2) is 0 Å². The third-order valence-electron chi connectivity index (χ3n) is 4.85. The molecule has 0 radical (unpaired) electrons. The van der Waals surface area contributed by atoms with Crippen molar-refractivity contribution in [3.05, 3.63) is 0 Å². The number of alkyl halides is 3. The zero-order valence-electron chi connectivity index (χ0n) is 12.3. The second-order valence-electron chi connectivity index (χ2n) is 6.14. The number of likely N-dealkylation sites (N-methyl/N-ethyl adjacent to an activating group) is 1. The largest absolute Gasteiger partial charge is 0.391 e. The van der Waals surface area contributed by atoms with Crippen LogP contribution in [0.15, 0.2) is 0 Å². The van der Waals surface area contributed by atoms with Gasteiger partial charge in [0.05, 0.1) is 5.92 Å². The van der Waals surface area contributed by atoms with Gasteiger partial charge in [-0.1, -0.05) is 20.3 Å². The molecule has 1 atom stereocenters. The van der Waals surface area contributed by atoms with Crippen molar-refractivity contribution < 1.29 is 13.2 Å². The summed E-state index contributed by atoms with van der Waals surface area (Å²) in [4.78, 5) is 2.20. The fourth-order valence-electron chi connectivity index (χ4n) is 3.01. The second-order valence-corrected chi connectivity index (χ2v) is 6.14. The molecule has 0 bridgehead atoms. The summed E-state index contributed by atoms with van der Waals surface area (Å²) < 4.78 is 38.2. The maximum absolute atomic E-state index is 12.7. The SMILES string of the molecule is CCC(C)CN(C)C1(CN)CCC(C(F)(F)F)CC1. The quantitative estimate of drug-likeness (QED) is 0.836. The number of halogens is 3. The molecule has 1 rings (SSSR count). The van der Waals surface area contributed by atoms with E-state index in [-0.39, 0.29) is 18.4 Å². The molecule has 1 aliphatic carbocycles. The van der Waals surface area contributed by atoms with E-state index in [2.05, 4.69) is 18.7 Å². The van der Waals surface area contributed by atoms with E-state index in [9.17, 15) is 13.2 Å². The fourth-order valence-corrected chi connectivity index (χ4v) is 3.01. The molecule has 0 spiro atoms. The molecule has 0 aromatic carbocycles. The standard InChI is InChI=1S/C14H27F3N2/c1-4-11(2)9-19(3)13(10-18)7-5-12(6-8-13)14(15,16)17/h11-12H,4-10,18H2,1-3H3. The van der Waals surface area contributed by atoms with Crippen LogP contribution in [0.2, 0.25) is 0 Å². The molecule has 0 aromatic rings. The van der Waals surface area contributed by atoms with Crippen molar-refractivity contribution in [3.8, 4) is 0 Å². The highest BCUT2D eigenvalue weighted by Gasteiger charge is 2.46. The minimum Gasteiger partial charge on any atom is -0.329 e. The van der Waals surface area contributed by atoms with Gasteiger partial charge in [0, 0.05) is 18.6 Å². The van der Waals surface area contributed by atoms with E-state index in [1.807, 2.05) is 7.05 Å². The van der Waals surface area contributed by atoms with E-state index in [0.717, 1.165) is 13.0 Å². The molecule has 5 heteroatoms. The monoisotopic (exact) mass is 280 g/mol. The van der Waals surface area contributed by atoms with Crippen LogP contribution in [0.3, 0.4) is 0 Å². The highest BCUT2D eigenvalue weighted by Crippen LogP contribution is 2.42. The number of nitrogens with zero attached hydrogens (tertiary/aromatic N) is 1. The lowest BCUT2D eigenvalue weighted by Gasteiger charge is -2.47. The predicted octanol–water partition coefficient (Wildman–Crippen LogP) is 3.41. The summed E-state index contributed by atoms with van der Waals surface area (Å²) in [5, 5.41) is 0. The van der Waals surface area contributed by atoms with Crippen LogP contribution in [0, 0.1) is 11.8 Å². The van der Waals surface area contributed by atoms with Gasteiger partial charge in [0.15, 0.2) is 0 Å². The van der Waals surface area contributed by atoms with Gasteiger partial charge in [-0.05, 0) is 38.6 Å². The van der Waals surface area contributed by atoms with Crippen LogP contribution in [-0.2, 0) is 0 Å². The summed E-state index contributed by atoms with van der Waals surface area (Å²) in [6.07, 6.45) is -1.43. The average molecular weight is 280 g/mol. The van der Waals surface area contributed by atoms with Crippen LogP contribution >= 0.6 is 0 Å². The van der Waals surface area contributed by atoms with Crippen molar-refractivity contribution in [3.63, 3.8) is 0 Å². The van der Waals surface area contributed by atoms with Crippen molar-refractivity contribution in [2.75, 3.05) is 20.1 Å². The molecule has 0 saturated heterocycles. The van der Waals surface area contributed by atoms with Gasteiger partial charge in [-0.2, -0.15) is 13.2 Å². The van der Waals surface area contributed by atoms with Gasteiger partial charge >= 0.3 is 6.18 Å². The fraction of sp³-hybridized carbons (Fsp3) is 1.00. The summed E-state index contributed by atoms with van der Waals surface area (Å²) in [6, 6.07) is 0. The molecule has 0 amide bonds. The van der Waals surface area contributed by atoms with Gasteiger partial charge in [0.25, 0.3) is 0 Å². The van der Waals surface area contributed by atoms with Crippen LogP contribution < -0.4 is 5.73 Å². The van der Waals surface area contributed by atoms with Gasteiger partial charge in [0.2, 0.25) is 0 Å². The van der Waals surface area contributed by atoms with Gasteiger partial charge < -0.3 is 5.73 Å². The zero-order valence-corrected chi connectivity index (χ0v) is 12.3. The summed E-state index contributed by atoms with van der Waals surface area (Å²) in [5.74, 6) is -0.585. The van der Waals surface area contributed by atoms with Crippen molar-refractivity contribution in [2.24, 2.45) is 17.6 Å². The Balaban J connectivity index is 2.64. The van der Waals surface area contributed by atoms with Crippen molar-refractivity contribution in [1.29, 1.82) is 0 Å². The maximum Gasteiger partial charge on any atom is 0.391 e. The number of hydrogen-bond acceptors (Lipinski definition) is 2. The molecule has 1 unspecified atom stereocenters. The van der Waals surface area contributed by atoms with E-state index >= 15 is 0 Å². The Bertz CT molecular complexity index is 270. The number of nitrogens with two attached hydrogens (primary N) is 1. The highest BCUT2D eigenvalue weighted by atomic mass is 19.4. The molecular formula is C14H27F3N2. The maximum atomic E-state index is 12.7. The molecule has 114 valence electrons. The molecule has 1 aliphatic rings. The molecule has 1 saturated carbocycles. The first-order valence-corrected chi connectivity index (χ1v) is 7.23. The first kappa shape index (κ1) is 16.8. The summed E-state index contributed by atoms with van der Waals surface area (Å²) in [7, 11) is 2.01. The molecule has 0 heterocycles. The zero-order chi connectivity index (χ0) is 14.7. The van der Waals surface area contributed by atoms with E-state index in [4.69, 9.17) is 5.73 Å². The first-order valence-electron chi connectivity index (χ1n) is 7.23. The average Bonchev–Trinajstić information content (AvgIpc) is 2.37. The van der Waals surface area contributed by atoms with Crippen molar-refractivity contribution >= 4 is 0 Å². The molecule has 19 heavy (non-hydrogen) atoms. The van der Waals surface area contributed by atoms with E-state index < -0.39 is 12.1 Å². The van der Waals surface area contributed by atoms with Crippen LogP contribution in [-0.4, -0.2) is 36.8 Å². The van der Waals surface area contributed by atoms with Crippen molar-refractivity contribution in [2.45, 2.75) is 57.7 Å². The van der Waals surface area contributed by atoms with Crippen LogP contribution in [0.1, 0.15) is 46.0 Å². The van der Waals surface area contributed by atoms with Crippen LogP contribution in [0.25, 0.3) is 0 Å². The third kappa shape index (κ3) is 4.09. The highest BCUT2D eigenvalue weighted by molar-refractivity contribution is 4.96. The van der Waals surface area contributed by atoms with Gasteiger partial charge in [0.1, 0.15) is 0 Å². The third-order valence-corrected chi connectivity index (χ3v) is 4.85. The van der Waals surface area contributed by atoms with Crippen LogP contribution in [0.4, 0.5) is 13.2 Å². The Hall–Kier alpha value is -0.290. The molecule has 1 fully saturated rings. The summed E-state index contributed by atoms with van der Waals surface area (Å²) >= 11 is 0. The lowest BCUT2D eigenvalue weighted by atomic mass is 9.75. The second kappa shape index (κ2) is 6.44. The van der Waals surface area contributed by atoms with Gasteiger partial charge in [-0.3, -0.25) is 4.90 Å². The molecular weight excluding hydrogens is 253 g/mol. The van der Waals surface area contributed by atoms with Crippen molar-refractivity contribution in [1.82, 2.24) is 4.90 Å². The Morgan fingerprint density at radius 3 is 2.21 bits per heavy atom. The lowest BCUT2D eigenvalue weighted by molar-refractivity contribution is -0.188. The Morgan fingerprint density at radius 2 is 1.84 bits per heavy atom. The topological polar surface area (TPSA) is 29.3 Å². The Morgan fingerprint density at radius 1 is 1.32 bits per heavy atom. The smallest absolute Gasteiger partial charge is 0.329 e. The molecule has 0 aliphatic heterocycles. The first-order chi connectivity index (χ1) is 8.75. The predicted molar refractivity (Wildman–Crippen MR) is 71.9 cm³/mol. The Kier molecular flexibility index (Phi) is 5.68. The summed E-state index contributed by atoms with van der Waals surface area (Å²) in [5.41, 5.74) is 5.66. The van der Waals surface area contributed by atoms with E-state index in [1.54, 1.807) is 0 Å². The normalized spacial score (nSPS) is 30.6. The van der Waals surface area contributed by atoms with Crippen LogP contribution in [0.5, 0.6) is 0 Å². The van der Waals surface area contributed by atoms with E-state index in [1.165, 1.54) is 0 Å². The molecule has 0 aromatic heterocycles. The number of hydrogen-bond donors (Lipinski definition) is 1. The van der Waals surface area contributed by atoms with Gasteiger partial charge in [-0.15, -0.1) is 0 Å². The lowest BCUT2D eigenvalue weighted by Crippen LogP contribution is -2.55. The molecule has 2 N–H and O–H groups in total. The minimum absolute atomic E-state index is 0.214. The minimum atomic E-state index is -4.05. The van der Waals surface area contributed by atoms with E-state index in [0.29, 0.717) is 25.3 Å². The molecule has 2 nitrogen and oxygen atoms in total. The summed E-state index contributed by atoms with van der Waals surface area (Å²) in [6.45, 7) is 5.66. The Labute approximate surface area is 114 Å².